The van der Waals surface area contributed by atoms with E-state index >= 15 is 0 Å². The molecule has 1 saturated heterocycles. The summed E-state index contributed by atoms with van der Waals surface area (Å²) in [6.45, 7) is 1.59. The van der Waals surface area contributed by atoms with E-state index in [1.807, 2.05) is 4.90 Å². The molecule has 2 rings (SSSR count). The van der Waals surface area contributed by atoms with Gasteiger partial charge in [0.2, 0.25) is 0 Å². The quantitative estimate of drug-likeness (QED) is 0.818. The highest BCUT2D eigenvalue weighted by Crippen LogP contribution is 2.18. The molecule has 2 N–H and O–H groups in total. The monoisotopic (exact) mass is 286 g/mol. The minimum atomic E-state index is -0.642. The molecule has 0 bridgehead atoms. The Morgan fingerprint density at radius 3 is 2.68 bits per heavy atom. The summed E-state index contributed by atoms with van der Waals surface area (Å²) < 4.78 is 26.1. The molecule has 1 aromatic rings. The molecule has 19 heavy (non-hydrogen) atoms. The second kappa shape index (κ2) is 6.25. The molecule has 1 fully saturated rings. The van der Waals surface area contributed by atoms with Gasteiger partial charge in [0.15, 0.2) is 5.11 Å². The summed E-state index contributed by atoms with van der Waals surface area (Å²) in [5, 5.41) is 12.4. The van der Waals surface area contributed by atoms with Gasteiger partial charge in [0.05, 0.1) is 0 Å². The molecular formula is C13H16F2N2OS. The van der Waals surface area contributed by atoms with Crippen molar-refractivity contribution in [1.82, 2.24) is 4.90 Å². The fraction of sp³-hybridized carbons (Fsp3) is 0.462. The van der Waals surface area contributed by atoms with E-state index in [0.717, 1.165) is 25.5 Å². The molecule has 0 aliphatic carbocycles. The third-order valence-electron chi connectivity index (χ3n) is 3.18. The standard InChI is InChI=1S/C13H16F2N2OS/c14-10-4-11(15)6-12(5-10)16-13(19)17-3-1-2-9(7-17)8-18/h4-6,9,18H,1-3,7-8H2,(H,16,19)/t9-/m0/s1. The maximum Gasteiger partial charge on any atom is 0.173 e. The minimum absolute atomic E-state index is 0.133. The van der Waals surface area contributed by atoms with E-state index in [-0.39, 0.29) is 12.5 Å². The zero-order chi connectivity index (χ0) is 13.8. The summed E-state index contributed by atoms with van der Waals surface area (Å²) in [7, 11) is 0. The van der Waals surface area contributed by atoms with Crippen molar-refractivity contribution in [3.05, 3.63) is 29.8 Å². The average molecular weight is 286 g/mol. The minimum Gasteiger partial charge on any atom is -0.396 e. The van der Waals surface area contributed by atoms with Crippen molar-refractivity contribution >= 4 is 23.0 Å². The number of rotatable bonds is 2. The Morgan fingerprint density at radius 1 is 1.37 bits per heavy atom. The Hall–Kier alpha value is -1.27. The second-order valence-corrected chi connectivity index (χ2v) is 5.11. The first-order valence-corrected chi connectivity index (χ1v) is 6.62. The van der Waals surface area contributed by atoms with Crippen LogP contribution in [0.3, 0.4) is 0 Å². The number of anilines is 1. The largest absolute Gasteiger partial charge is 0.396 e. The third-order valence-corrected chi connectivity index (χ3v) is 3.54. The Labute approximate surface area is 116 Å². The van der Waals surface area contributed by atoms with Crippen LogP contribution in [-0.4, -0.2) is 34.8 Å². The number of aliphatic hydroxyl groups is 1. The maximum atomic E-state index is 13.1. The number of nitrogens with one attached hydrogen (secondary N) is 1. The number of thiocarbonyl (C=S) groups is 1. The number of hydrogen-bond donors (Lipinski definition) is 2. The van der Waals surface area contributed by atoms with Crippen molar-refractivity contribution < 1.29 is 13.9 Å². The van der Waals surface area contributed by atoms with E-state index in [0.29, 0.717) is 17.3 Å². The number of nitrogens with zero attached hydrogens (tertiary/aromatic N) is 1. The highest BCUT2D eigenvalue weighted by atomic mass is 32.1. The predicted octanol–water partition coefficient (Wildman–Crippen LogP) is 2.37. The van der Waals surface area contributed by atoms with Gasteiger partial charge in [-0.15, -0.1) is 0 Å². The lowest BCUT2D eigenvalue weighted by molar-refractivity contribution is 0.162. The summed E-state index contributed by atoms with van der Waals surface area (Å²) in [5.41, 5.74) is 0.300. The fourth-order valence-corrected chi connectivity index (χ4v) is 2.51. The lowest BCUT2D eigenvalue weighted by atomic mass is 9.99. The summed E-state index contributed by atoms with van der Waals surface area (Å²) in [6.07, 6.45) is 1.93. The van der Waals surface area contributed by atoms with Gasteiger partial charge in [-0.3, -0.25) is 0 Å². The Balaban J connectivity index is 2.00. The number of piperidine rings is 1. The third kappa shape index (κ3) is 3.84. The van der Waals surface area contributed by atoms with Crippen LogP contribution in [0.4, 0.5) is 14.5 Å². The number of benzene rings is 1. The van der Waals surface area contributed by atoms with Gasteiger partial charge in [0.1, 0.15) is 11.6 Å². The van der Waals surface area contributed by atoms with Gasteiger partial charge in [-0.25, -0.2) is 8.78 Å². The van der Waals surface area contributed by atoms with Gasteiger partial charge >= 0.3 is 0 Å². The number of aliphatic hydroxyl groups excluding tert-OH is 1. The van der Waals surface area contributed by atoms with Gasteiger partial charge in [-0.1, -0.05) is 0 Å². The zero-order valence-corrected chi connectivity index (χ0v) is 11.2. The molecule has 0 unspecified atom stereocenters. The first kappa shape index (κ1) is 14.1. The Bertz CT molecular complexity index is 450. The van der Waals surface area contributed by atoms with Crippen molar-refractivity contribution in [1.29, 1.82) is 0 Å². The zero-order valence-electron chi connectivity index (χ0n) is 10.4. The highest BCUT2D eigenvalue weighted by molar-refractivity contribution is 7.80. The van der Waals surface area contributed by atoms with E-state index in [1.54, 1.807) is 0 Å². The average Bonchev–Trinajstić information content (AvgIpc) is 2.37. The van der Waals surface area contributed by atoms with Gasteiger partial charge in [0.25, 0.3) is 0 Å². The summed E-state index contributed by atoms with van der Waals surface area (Å²) in [4.78, 5) is 1.92. The molecule has 1 atom stereocenters. The molecular weight excluding hydrogens is 270 g/mol. The predicted molar refractivity (Wildman–Crippen MR) is 74.0 cm³/mol. The lowest BCUT2D eigenvalue weighted by Crippen LogP contribution is -2.43. The molecule has 6 heteroatoms. The van der Waals surface area contributed by atoms with Crippen LogP contribution in [0.2, 0.25) is 0 Å². The fourth-order valence-electron chi connectivity index (χ4n) is 2.23. The van der Waals surface area contributed by atoms with Crippen molar-refractivity contribution in [2.45, 2.75) is 12.8 Å². The van der Waals surface area contributed by atoms with Crippen LogP contribution in [0.25, 0.3) is 0 Å². The Morgan fingerprint density at radius 2 is 2.05 bits per heavy atom. The molecule has 0 spiro atoms. The van der Waals surface area contributed by atoms with Crippen LogP contribution in [0.5, 0.6) is 0 Å². The summed E-state index contributed by atoms with van der Waals surface area (Å²) >= 11 is 5.23. The lowest BCUT2D eigenvalue weighted by Gasteiger charge is -2.33. The molecule has 0 aromatic heterocycles. The van der Waals surface area contributed by atoms with Gasteiger partial charge in [-0.2, -0.15) is 0 Å². The van der Waals surface area contributed by atoms with Crippen molar-refractivity contribution in [2.75, 3.05) is 25.0 Å². The molecule has 1 heterocycles. The van der Waals surface area contributed by atoms with Crippen molar-refractivity contribution in [3.63, 3.8) is 0 Å². The number of halogens is 2. The topological polar surface area (TPSA) is 35.5 Å². The number of likely N-dealkylation sites (tertiary alicyclic amines) is 1. The van der Waals surface area contributed by atoms with E-state index in [2.05, 4.69) is 5.32 Å². The van der Waals surface area contributed by atoms with Gasteiger partial charge in [-0.05, 0) is 43.1 Å². The van der Waals surface area contributed by atoms with Gasteiger partial charge < -0.3 is 15.3 Å². The van der Waals surface area contributed by atoms with E-state index in [4.69, 9.17) is 17.3 Å². The van der Waals surface area contributed by atoms with Crippen molar-refractivity contribution in [2.24, 2.45) is 5.92 Å². The molecule has 0 radical (unpaired) electrons. The summed E-state index contributed by atoms with van der Waals surface area (Å²) in [6, 6.07) is 3.21. The Kier molecular flexibility index (Phi) is 4.66. The normalized spacial score (nSPS) is 19.3. The highest BCUT2D eigenvalue weighted by Gasteiger charge is 2.21. The molecule has 1 aliphatic rings. The molecule has 104 valence electrons. The summed E-state index contributed by atoms with van der Waals surface area (Å²) in [5.74, 6) is -1.08. The van der Waals surface area contributed by atoms with Crippen LogP contribution in [0, 0.1) is 17.6 Å². The van der Waals surface area contributed by atoms with Gasteiger partial charge in [0, 0.05) is 31.5 Å². The first-order valence-electron chi connectivity index (χ1n) is 6.21. The first-order chi connectivity index (χ1) is 9.08. The SMILES string of the molecule is OC[C@H]1CCCN(C(=S)Nc2cc(F)cc(F)c2)C1. The van der Waals surface area contributed by atoms with Crippen LogP contribution < -0.4 is 5.32 Å². The smallest absolute Gasteiger partial charge is 0.173 e. The van der Waals surface area contributed by atoms with E-state index in [1.165, 1.54) is 12.1 Å². The molecule has 0 amide bonds. The van der Waals surface area contributed by atoms with Crippen LogP contribution in [-0.2, 0) is 0 Å². The van der Waals surface area contributed by atoms with Crippen molar-refractivity contribution in [3.8, 4) is 0 Å². The van der Waals surface area contributed by atoms with Crippen LogP contribution in [0.15, 0.2) is 18.2 Å². The molecule has 1 aromatic carbocycles. The molecule has 0 saturated carbocycles. The van der Waals surface area contributed by atoms with Crippen LogP contribution in [0.1, 0.15) is 12.8 Å². The second-order valence-electron chi connectivity index (χ2n) is 4.73. The van der Waals surface area contributed by atoms with E-state index in [9.17, 15) is 8.78 Å². The molecule has 1 aliphatic heterocycles. The number of hydrogen-bond acceptors (Lipinski definition) is 2. The molecule has 3 nitrogen and oxygen atoms in total. The van der Waals surface area contributed by atoms with Crippen LogP contribution >= 0.6 is 12.2 Å². The maximum absolute atomic E-state index is 13.1. The van der Waals surface area contributed by atoms with E-state index < -0.39 is 11.6 Å².